The second-order valence-corrected chi connectivity index (χ2v) is 24.9. The van der Waals surface area contributed by atoms with Crippen molar-refractivity contribution in [3.63, 3.8) is 0 Å². The summed E-state index contributed by atoms with van der Waals surface area (Å²) >= 11 is 0. The molecular weight excluding hydrogens is 1180 g/mol. The third-order valence-electron chi connectivity index (χ3n) is 16.1. The molecule has 12 aromatic carbocycles. The van der Waals surface area contributed by atoms with Crippen LogP contribution in [0.2, 0.25) is 0 Å². The lowest BCUT2D eigenvalue weighted by Gasteiger charge is -2.23. The Bertz CT molecular complexity index is 5670. The topological polar surface area (TPSA) is 0 Å². The van der Waals surface area contributed by atoms with Crippen LogP contribution < -0.4 is 0 Å². The molecule has 0 amide bonds. The Labute approximate surface area is 643 Å². The van der Waals surface area contributed by atoms with E-state index in [1.807, 2.05) is 182 Å². The van der Waals surface area contributed by atoms with Crippen molar-refractivity contribution in [1.82, 2.24) is 0 Å². The van der Waals surface area contributed by atoms with E-state index in [0.717, 1.165) is 83.5 Å². The summed E-state index contributed by atoms with van der Waals surface area (Å²) in [5.41, 5.74) is 7.92. The van der Waals surface area contributed by atoms with Gasteiger partial charge < -0.3 is 0 Å². The van der Waals surface area contributed by atoms with Crippen LogP contribution in [0.15, 0.2) is 285 Å². The zero-order chi connectivity index (χ0) is 101. The molecule has 0 aromatic heterocycles. The number of benzene rings is 12. The molecule has 0 aliphatic heterocycles. The van der Waals surface area contributed by atoms with Gasteiger partial charge in [0.1, 0.15) is 0 Å². The van der Waals surface area contributed by atoms with Gasteiger partial charge in [0.2, 0.25) is 0 Å². The molecule has 0 aliphatic carbocycles. The van der Waals surface area contributed by atoms with Crippen molar-refractivity contribution in [2.45, 2.75) is 173 Å². The van der Waals surface area contributed by atoms with E-state index in [1.165, 1.54) is 24.3 Å². The average molecular weight is 1330 g/mol. The van der Waals surface area contributed by atoms with E-state index in [1.54, 1.807) is 124 Å². The summed E-state index contributed by atoms with van der Waals surface area (Å²) < 4.78 is 274. The minimum atomic E-state index is -3.28. The first-order valence-electron chi connectivity index (χ1n) is 49.8. The van der Waals surface area contributed by atoms with Crippen LogP contribution in [0.1, 0.15) is 221 Å². The molecule has 98 heavy (non-hydrogen) atoms. The van der Waals surface area contributed by atoms with Crippen molar-refractivity contribution in [3.8, 4) is 66.8 Å². The summed E-state index contributed by atoms with van der Waals surface area (Å²) in [5.74, 6) is -1.34. The molecule has 0 heterocycles. The van der Waals surface area contributed by atoms with Gasteiger partial charge in [-0.3, -0.25) is 0 Å². The van der Waals surface area contributed by atoms with Crippen LogP contribution in [0.5, 0.6) is 0 Å². The monoisotopic (exact) mass is 1320 g/mol. The lowest BCUT2D eigenvalue weighted by molar-refractivity contribution is 0.586. The number of rotatable bonds is 8. The Balaban J connectivity index is 0.000000220. The maximum Gasteiger partial charge on any atom is 0.0347 e. The molecule has 0 bridgehead atoms. The fourth-order valence-electron chi connectivity index (χ4n) is 11.1. The van der Waals surface area contributed by atoms with Gasteiger partial charge in [0.25, 0.3) is 0 Å². The van der Waals surface area contributed by atoms with E-state index in [9.17, 15) is 0 Å². The highest BCUT2D eigenvalue weighted by Gasteiger charge is 2.20. The van der Waals surface area contributed by atoms with Gasteiger partial charge in [-0.05, 0) is 200 Å². The first-order chi connectivity index (χ1) is 60.7. The van der Waals surface area contributed by atoms with Gasteiger partial charge in [-0.25, -0.2) is 0 Å². The van der Waals surface area contributed by atoms with Gasteiger partial charge in [0.05, 0.1) is 0 Å². The van der Waals surface area contributed by atoms with Crippen LogP contribution >= 0.6 is 0 Å². The maximum absolute atomic E-state index is 8.41. The average Bonchev–Trinajstić information content (AvgIpc) is 0.704. The standard InChI is InChI=1S/C19H24.3C17H20.2C14H14/c1-13(2)18-11-17(16-9-7-6-8-10-16)12-19(14(3)4)15(18)5;1-13-10-15(14-8-6-5-7-9-14)12-16(11-13)17(2,3)4;1-13-12-15(14-8-6-5-7-9-14)10-11-16(13)17(2,3)4;1-13-10-11-16(17(2,3)4)15(12-13)14-8-6-5-7-9-14;1-11-8-12(2)10-14(9-11)13-6-4-3-5-7-13;1-11-8-9-14(10-12(11)2)13-6-4-3-5-7-13/h6-14H,1-5H3;3*5-12H,1-4H3;2*3-10H,1-2H3/i13D,14D;3*2D3,3D3,4D3;2*1D3. The fraction of sp³-hybridized carbons (Fsp3) is 0.265. The minimum Gasteiger partial charge on any atom is -0.0622 e. The predicted octanol–water partition coefficient (Wildman–Crippen LogP) is 28.7. The molecule has 12 rings (SSSR count). The molecule has 0 atom stereocenters. The number of hydrogen-bond acceptors (Lipinski definition) is 0. The minimum absolute atomic E-state index is 0.197. The van der Waals surface area contributed by atoms with Crippen molar-refractivity contribution in [3.05, 3.63) is 357 Å². The molecular formula is C98H112. The van der Waals surface area contributed by atoms with Crippen LogP contribution in [-0.2, 0) is 16.2 Å². The second-order valence-electron chi connectivity index (χ2n) is 24.9. The summed E-state index contributed by atoms with van der Waals surface area (Å²) in [5, 5.41) is 0. The van der Waals surface area contributed by atoms with Crippen LogP contribution in [0, 0.1) is 55.2 Å². The lowest BCUT2D eigenvalue weighted by atomic mass is 9.81. The Morgan fingerprint density at radius 2 is 0.622 bits per heavy atom. The molecule has 12 aromatic rings. The van der Waals surface area contributed by atoms with Crippen LogP contribution in [0.3, 0.4) is 0 Å². The molecule has 0 unspecified atom stereocenters. The first-order valence-corrected chi connectivity index (χ1v) is 32.3. The number of hydrogen-bond donors (Lipinski definition) is 0. The molecule has 0 heteroatoms. The highest BCUT2D eigenvalue weighted by atomic mass is 14.2. The largest absolute Gasteiger partial charge is 0.0622 e. The lowest BCUT2D eigenvalue weighted by Crippen LogP contribution is -2.12. The Kier molecular flexibility index (Phi) is 14.6. The maximum atomic E-state index is 8.41. The molecule has 0 fully saturated rings. The van der Waals surface area contributed by atoms with E-state index in [-0.39, 0.29) is 16.7 Å². The molecule has 0 N–H and O–H groups in total. The third-order valence-corrected chi connectivity index (χ3v) is 16.1. The summed E-state index contributed by atoms with van der Waals surface area (Å²) in [6.45, 7) is -15.0. The first kappa shape index (κ1) is 40.5. The second kappa shape index (κ2) is 35.2. The summed E-state index contributed by atoms with van der Waals surface area (Å²) in [4.78, 5) is 0. The highest BCUT2D eigenvalue weighted by molar-refractivity contribution is 5.71. The quantitative estimate of drug-likeness (QED) is 0.142. The molecule has 0 saturated carbocycles. The Hall–Kier alpha value is -9.36. The molecule has 504 valence electrons. The van der Waals surface area contributed by atoms with E-state index in [0.29, 0.717) is 38.9 Å². The van der Waals surface area contributed by atoms with E-state index >= 15 is 0 Å². The van der Waals surface area contributed by atoms with Crippen LogP contribution in [0.4, 0.5) is 0 Å². The fourth-order valence-corrected chi connectivity index (χ4v) is 11.1. The summed E-state index contributed by atoms with van der Waals surface area (Å²) in [6.07, 6.45) is 0. The van der Waals surface area contributed by atoms with Gasteiger partial charge >= 0.3 is 0 Å². The third kappa shape index (κ3) is 22.6. The van der Waals surface area contributed by atoms with E-state index < -0.39 is 103 Å². The molecule has 0 saturated heterocycles. The molecule has 0 nitrogen and oxygen atoms in total. The van der Waals surface area contributed by atoms with Crippen LogP contribution in [0.25, 0.3) is 66.8 Å². The normalized spacial score (nSPS) is 18.0. The van der Waals surface area contributed by atoms with Gasteiger partial charge in [0, 0.05) is 48.0 Å². The highest BCUT2D eigenvalue weighted by Crippen LogP contribution is 2.36. The zero-order valence-corrected chi connectivity index (χ0v) is 57.6. The Morgan fingerprint density at radius 1 is 0.255 bits per heavy atom. The van der Waals surface area contributed by atoms with Crippen molar-refractivity contribution in [1.29, 1.82) is 0 Å². The summed E-state index contributed by atoms with van der Waals surface area (Å²) in [6, 6.07) is 85.5. The van der Waals surface area contributed by atoms with Crippen molar-refractivity contribution in [2.75, 3.05) is 0 Å². The van der Waals surface area contributed by atoms with Gasteiger partial charge in [-0.2, -0.15) is 0 Å². The Morgan fingerprint density at radius 3 is 1.03 bits per heavy atom. The van der Waals surface area contributed by atoms with Crippen molar-refractivity contribution >= 4 is 0 Å². The molecule has 0 aliphatic rings. The van der Waals surface area contributed by atoms with E-state index in [4.69, 9.17) is 48.0 Å². The van der Waals surface area contributed by atoms with Gasteiger partial charge in [-0.15, -0.1) is 0 Å². The van der Waals surface area contributed by atoms with Crippen LogP contribution in [-0.4, -0.2) is 0 Å². The van der Waals surface area contributed by atoms with Crippen molar-refractivity contribution < 1.29 is 48.0 Å². The molecule has 0 radical (unpaired) electrons. The smallest absolute Gasteiger partial charge is 0.0347 e. The molecule has 0 spiro atoms. The predicted molar refractivity (Wildman–Crippen MR) is 433 cm³/mol. The SMILES string of the molecule is [2H]C(C)(C)c1cc(-c2ccccc2)cc(C([2H])(C)C)c1C.[2H]C([2H])([2H])C(c1cc(C)cc(-c2ccccc2)c1)(C([2H])([2H])[2H])C([2H])([2H])[2H].[2H]C([2H])([2H])C(c1ccc(-c2ccccc2)cc1C)(C([2H])([2H])[2H])C([2H])([2H])[2H].[2H]C([2H])([2H])C(c1ccc(C)cc1-c1ccccc1)(C([2H])([2H])[2H])C([2H])([2H])[2H].[2H]C([2H])([2H])c1cc(C)cc(-c2ccccc2)c1.[2H]C([2H])([2H])c1ccc(-c2ccccc2)cc1C. The zero-order valence-electron chi connectivity index (χ0n) is 92.6. The summed E-state index contributed by atoms with van der Waals surface area (Å²) in [7, 11) is 0. The van der Waals surface area contributed by atoms with Gasteiger partial charge in [-0.1, -0.05) is 397 Å². The van der Waals surface area contributed by atoms with Crippen molar-refractivity contribution in [2.24, 2.45) is 0 Å². The van der Waals surface area contributed by atoms with E-state index in [2.05, 4.69) is 24.3 Å². The number of aryl methyl sites for hydroxylation is 7. The van der Waals surface area contributed by atoms with Gasteiger partial charge in [0.15, 0.2) is 0 Å².